The van der Waals surface area contributed by atoms with Crippen molar-refractivity contribution in [3.63, 3.8) is 0 Å². The zero-order chi connectivity index (χ0) is 26.6. The Kier molecular flexibility index (Phi) is 7.43. The Morgan fingerprint density at radius 3 is 2.58 bits per heavy atom. The van der Waals surface area contributed by atoms with Crippen LogP contribution in [0.5, 0.6) is 0 Å². The Labute approximate surface area is 228 Å². The average Bonchev–Trinajstić information content (AvgIpc) is 3.70. The third-order valence-electron chi connectivity index (χ3n) is 6.21. The van der Waals surface area contributed by atoms with Gasteiger partial charge in [0.15, 0.2) is 0 Å². The van der Waals surface area contributed by atoms with Gasteiger partial charge < -0.3 is 10.6 Å². The molecule has 0 radical (unpaired) electrons. The topological polar surface area (TPSA) is 102 Å². The Bertz CT molecular complexity index is 1570. The van der Waals surface area contributed by atoms with Crippen molar-refractivity contribution in [1.82, 2.24) is 29.8 Å². The molecule has 3 aromatic heterocycles. The van der Waals surface area contributed by atoms with Crippen molar-refractivity contribution in [1.29, 1.82) is 0 Å². The number of carbonyl (C=O) groups is 2. The summed E-state index contributed by atoms with van der Waals surface area (Å²) in [5.41, 5.74) is 8.33. The highest BCUT2D eigenvalue weighted by Crippen LogP contribution is 2.32. The summed E-state index contributed by atoms with van der Waals surface area (Å²) in [4.78, 5) is 31.0. The molecule has 38 heavy (non-hydrogen) atoms. The molecular formula is C28H26N6O2S2. The van der Waals surface area contributed by atoms with Crippen LogP contribution in [0.4, 0.5) is 0 Å². The second-order valence-corrected chi connectivity index (χ2v) is 10.6. The molecule has 1 atom stereocenters. The van der Waals surface area contributed by atoms with Crippen LogP contribution in [0.15, 0.2) is 71.9 Å². The molecule has 3 heterocycles. The van der Waals surface area contributed by atoms with Gasteiger partial charge in [-0.2, -0.15) is 5.10 Å². The molecule has 10 heteroatoms. The van der Waals surface area contributed by atoms with Gasteiger partial charge in [-0.3, -0.25) is 14.3 Å². The van der Waals surface area contributed by atoms with Gasteiger partial charge in [0, 0.05) is 41.5 Å². The molecule has 0 aliphatic heterocycles. The van der Waals surface area contributed by atoms with E-state index in [9.17, 15) is 9.59 Å². The van der Waals surface area contributed by atoms with Gasteiger partial charge in [0.25, 0.3) is 11.8 Å². The quantitative estimate of drug-likeness (QED) is 0.274. The highest BCUT2D eigenvalue weighted by molar-refractivity contribution is 7.09. The fourth-order valence-electron chi connectivity index (χ4n) is 4.16. The first-order valence-electron chi connectivity index (χ1n) is 12.0. The lowest BCUT2D eigenvalue weighted by atomic mass is 9.97. The molecule has 0 fully saturated rings. The molecule has 5 aromatic rings. The second-order valence-electron chi connectivity index (χ2n) is 9.01. The zero-order valence-corrected chi connectivity index (χ0v) is 22.8. The molecule has 0 bridgehead atoms. The summed E-state index contributed by atoms with van der Waals surface area (Å²) in [6, 6.07) is 13.1. The van der Waals surface area contributed by atoms with Crippen molar-refractivity contribution >= 4 is 34.7 Å². The van der Waals surface area contributed by atoms with E-state index in [1.165, 1.54) is 22.9 Å². The van der Waals surface area contributed by atoms with Crippen LogP contribution < -0.4 is 10.6 Å². The van der Waals surface area contributed by atoms with Gasteiger partial charge in [0.2, 0.25) is 0 Å². The van der Waals surface area contributed by atoms with Crippen LogP contribution in [0.1, 0.15) is 50.5 Å². The molecule has 5 rings (SSSR count). The number of hydrogen-bond acceptors (Lipinski definition) is 7. The number of carbonyl (C=O) groups excluding carboxylic acids is 2. The zero-order valence-electron chi connectivity index (χ0n) is 21.1. The average molecular weight is 543 g/mol. The smallest absolute Gasteiger partial charge is 0.252 e. The first-order valence-corrected chi connectivity index (χ1v) is 13.7. The molecule has 2 N–H and O–H groups in total. The van der Waals surface area contributed by atoms with Crippen LogP contribution in [0, 0.1) is 6.92 Å². The van der Waals surface area contributed by atoms with Crippen LogP contribution in [0.3, 0.4) is 0 Å². The molecule has 0 saturated heterocycles. The van der Waals surface area contributed by atoms with Crippen LogP contribution in [-0.2, 0) is 13.6 Å². The Morgan fingerprint density at radius 1 is 1.05 bits per heavy atom. The predicted octanol–water partition coefficient (Wildman–Crippen LogP) is 5.40. The van der Waals surface area contributed by atoms with Crippen LogP contribution >= 0.6 is 22.9 Å². The van der Waals surface area contributed by atoms with Gasteiger partial charge >= 0.3 is 0 Å². The number of benzene rings is 2. The van der Waals surface area contributed by atoms with Gasteiger partial charge in [0.1, 0.15) is 0 Å². The third kappa shape index (κ3) is 5.71. The lowest BCUT2D eigenvalue weighted by Gasteiger charge is -2.18. The van der Waals surface area contributed by atoms with Crippen LogP contribution in [0.25, 0.3) is 21.6 Å². The molecule has 2 amide bonds. The number of rotatable bonds is 8. The Morgan fingerprint density at radius 2 is 1.89 bits per heavy atom. The lowest BCUT2D eigenvalue weighted by molar-refractivity contribution is 0.0931. The van der Waals surface area contributed by atoms with E-state index in [4.69, 9.17) is 0 Å². The minimum atomic E-state index is -0.258. The summed E-state index contributed by atoms with van der Waals surface area (Å²) < 4.78 is 6.01. The summed E-state index contributed by atoms with van der Waals surface area (Å²) in [6.07, 6.45) is 5.58. The highest BCUT2D eigenvalue weighted by atomic mass is 32.1. The van der Waals surface area contributed by atoms with Crippen molar-refractivity contribution in [2.45, 2.75) is 26.4 Å². The van der Waals surface area contributed by atoms with Gasteiger partial charge in [-0.05, 0) is 90.1 Å². The fourth-order valence-corrected chi connectivity index (χ4v) is 5.30. The second kappa shape index (κ2) is 11.1. The molecule has 0 spiro atoms. The molecule has 0 aliphatic rings. The maximum atomic E-state index is 13.2. The molecular weight excluding hydrogens is 516 g/mol. The Balaban J connectivity index is 1.34. The van der Waals surface area contributed by atoms with Crippen molar-refractivity contribution in [3.8, 4) is 21.6 Å². The van der Waals surface area contributed by atoms with Crippen LogP contribution in [-0.4, -0.2) is 31.0 Å². The SMILES string of the molecule is Cc1cc(C(=O)NCc2cscn2)ccc1C(=O)N[C@H](C)c1cc(-c2cnn(C)c2)cc(-c2ccns2)c1. The summed E-state index contributed by atoms with van der Waals surface area (Å²) in [5.74, 6) is -0.403. The van der Waals surface area contributed by atoms with Crippen molar-refractivity contribution < 1.29 is 9.59 Å². The van der Waals surface area contributed by atoms with Gasteiger partial charge in [-0.25, -0.2) is 9.36 Å². The van der Waals surface area contributed by atoms with Crippen molar-refractivity contribution in [2.75, 3.05) is 0 Å². The molecule has 0 unspecified atom stereocenters. The normalized spacial score (nSPS) is 11.8. The number of hydrogen-bond donors (Lipinski definition) is 2. The monoisotopic (exact) mass is 542 g/mol. The number of aryl methyl sites for hydroxylation is 2. The highest BCUT2D eigenvalue weighted by Gasteiger charge is 2.17. The molecule has 0 saturated carbocycles. The maximum absolute atomic E-state index is 13.2. The van der Waals surface area contributed by atoms with Gasteiger partial charge in [0.05, 0.1) is 34.9 Å². The fraction of sp³-hybridized carbons (Fsp3) is 0.179. The first kappa shape index (κ1) is 25.5. The number of nitrogens with zero attached hydrogens (tertiary/aromatic N) is 4. The third-order valence-corrected chi connectivity index (χ3v) is 7.64. The summed E-state index contributed by atoms with van der Waals surface area (Å²) in [5, 5.41) is 12.2. The van der Waals surface area contributed by atoms with E-state index >= 15 is 0 Å². The van der Waals surface area contributed by atoms with E-state index in [2.05, 4.69) is 43.3 Å². The minimum Gasteiger partial charge on any atom is -0.346 e. The Hall–Kier alpha value is -4.15. The number of thiazole rings is 1. The lowest BCUT2D eigenvalue weighted by Crippen LogP contribution is -2.28. The predicted molar refractivity (Wildman–Crippen MR) is 150 cm³/mol. The first-order chi connectivity index (χ1) is 18.4. The van der Waals surface area contributed by atoms with Crippen molar-refractivity contribution in [3.05, 3.63) is 99.9 Å². The van der Waals surface area contributed by atoms with Crippen molar-refractivity contribution in [2.24, 2.45) is 7.05 Å². The largest absolute Gasteiger partial charge is 0.346 e. The van der Waals surface area contributed by atoms with E-state index in [-0.39, 0.29) is 17.9 Å². The summed E-state index contributed by atoms with van der Waals surface area (Å²) in [6.45, 7) is 4.16. The molecule has 0 aliphatic carbocycles. The standard InChI is InChI=1S/C28H26N6O2S2/c1-17-8-19(27(35)29-13-24-15-37-16-30-24)4-5-25(17)28(36)33-18(2)20-9-21(23-12-31-34(3)14-23)11-22(10-20)26-6-7-32-38-26/h4-12,14-16,18H,13H2,1-3H3,(H,29,35)(H,33,36)/t18-/m1/s1. The van der Waals surface area contributed by atoms with E-state index in [1.807, 2.05) is 44.7 Å². The van der Waals surface area contributed by atoms with E-state index in [0.717, 1.165) is 38.4 Å². The van der Waals surface area contributed by atoms with Gasteiger partial charge in [-0.15, -0.1) is 11.3 Å². The maximum Gasteiger partial charge on any atom is 0.252 e. The number of aromatic nitrogens is 4. The summed E-state index contributed by atoms with van der Waals surface area (Å²) in [7, 11) is 1.89. The minimum absolute atomic E-state index is 0.199. The van der Waals surface area contributed by atoms with E-state index in [0.29, 0.717) is 17.7 Å². The number of nitrogens with one attached hydrogen (secondary N) is 2. The molecule has 2 aromatic carbocycles. The van der Waals surface area contributed by atoms with Crippen LogP contribution in [0.2, 0.25) is 0 Å². The molecule has 192 valence electrons. The number of amides is 2. The molecule has 8 nitrogen and oxygen atoms in total. The van der Waals surface area contributed by atoms with E-state index in [1.54, 1.807) is 34.6 Å². The van der Waals surface area contributed by atoms with Gasteiger partial charge in [-0.1, -0.05) is 0 Å². The van der Waals surface area contributed by atoms with E-state index < -0.39 is 0 Å². The summed E-state index contributed by atoms with van der Waals surface area (Å²) >= 11 is 2.92.